The van der Waals surface area contributed by atoms with Crippen LogP contribution in [0.1, 0.15) is 43.0 Å². The lowest BCUT2D eigenvalue weighted by atomic mass is 9.95. The number of nitrogens with one attached hydrogen (secondary N) is 1. The molecule has 9 heteroatoms. The molecule has 0 saturated carbocycles. The summed E-state index contributed by atoms with van der Waals surface area (Å²) >= 11 is 1.32. The molecular formula is C24H29N5O3S. The summed E-state index contributed by atoms with van der Waals surface area (Å²) in [5, 5.41) is 15.8. The fourth-order valence-corrected chi connectivity index (χ4v) is 4.43. The second kappa shape index (κ2) is 10.2. The van der Waals surface area contributed by atoms with Gasteiger partial charge in [0, 0.05) is 6.42 Å². The summed E-state index contributed by atoms with van der Waals surface area (Å²) in [6.45, 7) is 9.53. The van der Waals surface area contributed by atoms with E-state index in [-0.39, 0.29) is 23.6 Å². The summed E-state index contributed by atoms with van der Waals surface area (Å²) in [4.78, 5) is 12.9. The highest BCUT2D eigenvalue weighted by Crippen LogP contribution is 2.34. The van der Waals surface area contributed by atoms with Crippen LogP contribution in [0.15, 0.2) is 41.6 Å². The van der Waals surface area contributed by atoms with E-state index in [1.807, 2.05) is 37.3 Å². The van der Waals surface area contributed by atoms with Crippen LogP contribution in [0, 0.1) is 19.8 Å². The summed E-state index contributed by atoms with van der Waals surface area (Å²) in [7, 11) is 0. The molecule has 0 aliphatic carbocycles. The molecule has 3 aromatic rings. The van der Waals surface area contributed by atoms with Crippen molar-refractivity contribution in [3.63, 3.8) is 0 Å². The number of rotatable bonds is 7. The van der Waals surface area contributed by atoms with E-state index in [0.29, 0.717) is 18.4 Å². The molecule has 0 saturated heterocycles. The number of benzene rings is 2. The van der Waals surface area contributed by atoms with Gasteiger partial charge < -0.3 is 14.8 Å². The summed E-state index contributed by atoms with van der Waals surface area (Å²) in [6.07, 6.45) is 0.854. The lowest BCUT2D eigenvalue weighted by molar-refractivity contribution is -0.119. The highest BCUT2D eigenvalue weighted by molar-refractivity contribution is 7.99. The summed E-state index contributed by atoms with van der Waals surface area (Å²) in [5.41, 5.74) is 4.17. The molecular weight excluding hydrogens is 438 g/mol. The molecule has 4 rings (SSSR count). The maximum atomic E-state index is 12.9. The zero-order valence-corrected chi connectivity index (χ0v) is 20.2. The van der Waals surface area contributed by atoms with Crippen LogP contribution in [0.4, 0.5) is 0 Å². The number of aryl methyl sites for hydroxylation is 1. The van der Waals surface area contributed by atoms with Crippen molar-refractivity contribution in [2.45, 2.75) is 45.3 Å². The third-order valence-electron chi connectivity index (χ3n) is 5.69. The van der Waals surface area contributed by atoms with Crippen molar-refractivity contribution in [1.82, 2.24) is 25.5 Å². The number of hydrogen-bond acceptors (Lipinski definition) is 7. The molecule has 0 fully saturated rings. The third kappa shape index (κ3) is 5.30. The number of aromatic nitrogens is 4. The number of carbonyl (C=O) groups is 1. The van der Waals surface area contributed by atoms with Crippen molar-refractivity contribution in [2.75, 3.05) is 19.0 Å². The van der Waals surface area contributed by atoms with E-state index in [4.69, 9.17) is 9.47 Å². The van der Waals surface area contributed by atoms with Gasteiger partial charge in [-0.15, -0.1) is 5.10 Å². The maximum absolute atomic E-state index is 12.9. The molecule has 1 aliphatic rings. The Morgan fingerprint density at radius 2 is 1.94 bits per heavy atom. The molecule has 8 nitrogen and oxygen atoms in total. The van der Waals surface area contributed by atoms with Gasteiger partial charge in [0.25, 0.3) is 0 Å². The van der Waals surface area contributed by atoms with Gasteiger partial charge in [0.2, 0.25) is 11.1 Å². The van der Waals surface area contributed by atoms with Crippen LogP contribution < -0.4 is 14.8 Å². The Morgan fingerprint density at radius 3 is 2.73 bits per heavy atom. The van der Waals surface area contributed by atoms with Gasteiger partial charge in [0.05, 0.1) is 30.7 Å². The van der Waals surface area contributed by atoms with Crippen LogP contribution in [-0.2, 0) is 4.79 Å². The first-order valence-electron chi connectivity index (χ1n) is 11.1. The molecule has 1 N–H and O–H groups in total. The average molecular weight is 468 g/mol. The Hall–Kier alpha value is -3.07. The SMILES string of the molecule is Cc1cccc(-n2nnnc2SCC(=O)NC(c2ccc3c(c2)OCCCO3)C(C)C)c1C. The second-order valence-electron chi connectivity index (χ2n) is 8.43. The second-order valence-corrected chi connectivity index (χ2v) is 9.37. The van der Waals surface area contributed by atoms with Crippen LogP contribution in [-0.4, -0.2) is 45.1 Å². The molecule has 1 amide bonds. The number of amides is 1. The normalized spacial score (nSPS) is 14.1. The van der Waals surface area contributed by atoms with Crippen LogP contribution in [0.25, 0.3) is 5.69 Å². The molecule has 1 atom stereocenters. The van der Waals surface area contributed by atoms with Gasteiger partial charge in [-0.2, -0.15) is 4.68 Å². The first-order chi connectivity index (χ1) is 15.9. The molecule has 0 spiro atoms. The average Bonchev–Trinajstić information content (AvgIpc) is 3.13. The number of hydrogen-bond donors (Lipinski definition) is 1. The van der Waals surface area contributed by atoms with Crippen molar-refractivity contribution in [3.05, 3.63) is 53.1 Å². The van der Waals surface area contributed by atoms with Crippen LogP contribution in [0.3, 0.4) is 0 Å². The minimum Gasteiger partial charge on any atom is -0.490 e. The van der Waals surface area contributed by atoms with Gasteiger partial charge in [0.15, 0.2) is 11.5 Å². The Balaban J connectivity index is 1.45. The lowest BCUT2D eigenvalue weighted by Gasteiger charge is -2.24. The fraction of sp³-hybridized carbons (Fsp3) is 0.417. The number of fused-ring (bicyclic) bond motifs is 1. The molecule has 2 heterocycles. The van der Waals surface area contributed by atoms with Crippen molar-refractivity contribution in [1.29, 1.82) is 0 Å². The zero-order valence-electron chi connectivity index (χ0n) is 19.4. The molecule has 174 valence electrons. The molecule has 1 aliphatic heterocycles. The topological polar surface area (TPSA) is 91.2 Å². The monoisotopic (exact) mass is 467 g/mol. The van der Waals surface area contributed by atoms with E-state index in [2.05, 4.69) is 47.7 Å². The quantitative estimate of drug-likeness (QED) is 0.524. The predicted molar refractivity (Wildman–Crippen MR) is 127 cm³/mol. The van der Waals surface area contributed by atoms with Crippen molar-refractivity contribution in [3.8, 4) is 17.2 Å². The van der Waals surface area contributed by atoms with E-state index in [1.165, 1.54) is 11.8 Å². The minimum atomic E-state index is -0.148. The van der Waals surface area contributed by atoms with Crippen LogP contribution in [0.2, 0.25) is 0 Å². The Labute approximate surface area is 198 Å². The highest BCUT2D eigenvalue weighted by atomic mass is 32.2. The third-order valence-corrected chi connectivity index (χ3v) is 6.61. The van der Waals surface area contributed by atoms with E-state index < -0.39 is 0 Å². The molecule has 2 aromatic carbocycles. The molecule has 0 bridgehead atoms. The van der Waals surface area contributed by atoms with E-state index in [0.717, 1.165) is 40.3 Å². The van der Waals surface area contributed by atoms with Gasteiger partial charge in [-0.3, -0.25) is 4.79 Å². The maximum Gasteiger partial charge on any atom is 0.230 e. The van der Waals surface area contributed by atoms with Gasteiger partial charge in [0.1, 0.15) is 0 Å². The van der Waals surface area contributed by atoms with Gasteiger partial charge in [-0.05, 0) is 65.1 Å². The molecule has 1 aromatic heterocycles. The first-order valence-corrected chi connectivity index (χ1v) is 12.1. The van der Waals surface area contributed by atoms with Crippen molar-refractivity contribution in [2.24, 2.45) is 5.92 Å². The molecule has 1 unspecified atom stereocenters. The van der Waals surface area contributed by atoms with Crippen molar-refractivity contribution >= 4 is 17.7 Å². The van der Waals surface area contributed by atoms with Gasteiger partial charge in [-0.1, -0.05) is 43.8 Å². The van der Waals surface area contributed by atoms with Crippen LogP contribution >= 0.6 is 11.8 Å². The van der Waals surface area contributed by atoms with E-state index in [9.17, 15) is 4.79 Å². The zero-order chi connectivity index (χ0) is 23.4. The summed E-state index contributed by atoms with van der Waals surface area (Å²) in [5.74, 6) is 1.80. The first kappa shape index (κ1) is 23.1. The Bertz CT molecular complexity index is 1130. The Morgan fingerprint density at radius 1 is 1.15 bits per heavy atom. The van der Waals surface area contributed by atoms with Crippen molar-refractivity contribution < 1.29 is 14.3 Å². The van der Waals surface area contributed by atoms with E-state index in [1.54, 1.807) is 4.68 Å². The number of thioether (sulfide) groups is 1. The standard InChI is InChI=1S/C24H29N5O3S/c1-15(2)23(18-9-10-20-21(13-18)32-12-6-11-31-20)25-22(30)14-33-24-26-27-28-29(24)19-8-5-7-16(3)17(19)4/h5,7-10,13,15,23H,6,11-12,14H2,1-4H3,(H,25,30). The number of nitrogens with zero attached hydrogens (tertiary/aromatic N) is 4. The molecule has 33 heavy (non-hydrogen) atoms. The number of tetrazole rings is 1. The van der Waals surface area contributed by atoms with Gasteiger partial charge in [-0.25, -0.2) is 0 Å². The smallest absolute Gasteiger partial charge is 0.230 e. The molecule has 0 radical (unpaired) electrons. The lowest BCUT2D eigenvalue weighted by Crippen LogP contribution is -2.33. The van der Waals surface area contributed by atoms with Crippen LogP contribution in [0.5, 0.6) is 11.5 Å². The largest absolute Gasteiger partial charge is 0.490 e. The van der Waals surface area contributed by atoms with E-state index >= 15 is 0 Å². The fourth-order valence-electron chi connectivity index (χ4n) is 3.74. The highest BCUT2D eigenvalue weighted by Gasteiger charge is 2.22. The summed E-state index contributed by atoms with van der Waals surface area (Å²) in [6, 6.07) is 11.7. The van der Waals surface area contributed by atoms with Gasteiger partial charge >= 0.3 is 0 Å². The summed E-state index contributed by atoms with van der Waals surface area (Å²) < 4.78 is 13.2. The number of carbonyl (C=O) groups excluding carboxylic acids is 1. The number of ether oxygens (including phenoxy) is 2. The Kier molecular flexibility index (Phi) is 7.17. The predicted octanol–water partition coefficient (Wildman–Crippen LogP) is 4.05. The minimum absolute atomic E-state index is 0.0821.